The van der Waals surface area contributed by atoms with Crippen LogP contribution in [0.3, 0.4) is 0 Å². The minimum Gasteiger partial charge on any atom is -0.387 e. The number of ether oxygens (including phenoxy) is 1. The van der Waals surface area contributed by atoms with Crippen molar-refractivity contribution in [2.45, 2.75) is 94.8 Å². The van der Waals surface area contributed by atoms with Crippen LogP contribution in [0.25, 0.3) is 0 Å². The highest BCUT2D eigenvalue weighted by molar-refractivity contribution is 5.75. The van der Waals surface area contributed by atoms with Gasteiger partial charge in [0.1, 0.15) is 24.1 Å². The van der Waals surface area contributed by atoms with E-state index in [2.05, 4.69) is 72.2 Å². The molecule has 4 aliphatic rings. The van der Waals surface area contributed by atoms with Crippen molar-refractivity contribution < 1.29 is 14.9 Å². The first-order chi connectivity index (χ1) is 18.6. The van der Waals surface area contributed by atoms with Crippen LogP contribution in [-0.4, -0.2) is 70.5 Å². The van der Waals surface area contributed by atoms with E-state index < -0.39 is 24.5 Å². The number of anilines is 3. The first kappa shape index (κ1) is 26.9. The number of aromatic nitrogens is 1. The van der Waals surface area contributed by atoms with Gasteiger partial charge < -0.3 is 46.1 Å². The Morgan fingerprint density at radius 2 is 1.85 bits per heavy atom. The fraction of sp³-hybridized carbons (Fsp3) is 0.655. The molecule has 1 aromatic carbocycles. The van der Waals surface area contributed by atoms with E-state index in [1.807, 2.05) is 16.8 Å². The molecule has 2 fully saturated rings. The third-order valence-corrected chi connectivity index (χ3v) is 9.18. The number of aliphatic hydroxyl groups excluding tert-OH is 2. The largest absolute Gasteiger partial charge is 0.387 e. The van der Waals surface area contributed by atoms with Crippen LogP contribution in [0.4, 0.5) is 17.2 Å². The molecule has 0 bridgehead atoms. The molecule has 8 N–H and O–H groups in total. The van der Waals surface area contributed by atoms with Crippen LogP contribution in [-0.2, 0) is 10.2 Å². The van der Waals surface area contributed by atoms with Gasteiger partial charge in [0.2, 0.25) is 0 Å². The lowest BCUT2D eigenvalue weighted by Gasteiger charge is -2.42. The summed E-state index contributed by atoms with van der Waals surface area (Å²) < 4.78 is 8.08. The molecule has 0 amide bonds. The van der Waals surface area contributed by atoms with Crippen molar-refractivity contribution in [3.63, 3.8) is 0 Å². The molecule has 0 spiro atoms. The van der Waals surface area contributed by atoms with Gasteiger partial charge in [-0.2, -0.15) is 0 Å². The molecular formula is C29H45N7O3. The highest BCUT2D eigenvalue weighted by atomic mass is 16.6. The van der Waals surface area contributed by atoms with Gasteiger partial charge in [-0.3, -0.25) is 5.32 Å². The van der Waals surface area contributed by atoms with E-state index in [9.17, 15) is 10.2 Å². The second-order valence-electron chi connectivity index (χ2n) is 13.0. The van der Waals surface area contributed by atoms with E-state index in [0.29, 0.717) is 25.2 Å². The highest BCUT2D eigenvalue weighted by Crippen LogP contribution is 2.40. The SMILES string of the molecule is CN(C[C@H]1O[C@@H](n2ccc3c2NCNC3N)[C@H](O)[C@@H]1O)C1CC(CCC2Nc3ccc(C(C)(C)C)cc3N2)C1. The van der Waals surface area contributed by atoms with Gasteiger partial charge in [-0.25, -0.2) is 0 Å². The van der Waals surface area contributed by atoms with Crippen LogP contribution >= 0.6 is 0 Å². The monoisotopic (exact) mass is 539 g/mol. The number of fused-ring (bicyclic) bond motifs is 2. The van der Waals surface area contributed by atoms with Crippen LogP contribution in [0.2, 0.25) is 0 Å². The molecule has 10 heteroatoms. The lowest BCUT2D eigenvalue weighted by atomic mass is 9.76. The average Bonchev–Trinajstić information content (AvgIpc) is 3.54. The predicted molar refractivity (Wildman–Crippen MR) is 153 cm³/mol. The quantitative estimate of drug-likeness (QED) is 0.284. The van der Waals surface area contributed by atoms with Gasteiger partial charge in [0, 0.05) is 24.3 Å². The highest BCUT2D eigenvalue weighted by Gasteiger charge is 2.46. The second kappa shape index (κ2) is 10.2. The number of aliphatic hydroxyl groups is 2. The zero-order chi connectivity index (χ0) is 27.5. The molecule has 6 rings (SSSR count). The van der Waals surface area contributed by atoms with Crippen LogP contribution in [0, 0.1) is 5.92 Å². The number of hydrogen-bond acceptors (Lipinski definition) is 9. The summed E-state index contributed by atoms with van der Waals surface area (Å²) >= 11 is 0. The average molecular weight is 540 g/mol. The Morgan fingerprint density at radius 1 is 1.08 bits per heavy atom. The molecule has 6 atom stereocenters. The number of nitrogens with zero attached hydrogens (tertiary/aromatic N) is 2. The normalized spacial score (nSPS) is 33.6. The molecule has 10 nitrogen and oxygen atoms in total. The van der Waals surface area contributed by atoms with Crippen molar-refractivity contribution in [2.24, 2.45) is 11.7 Å². The minimum absolute atomic E-state index is 0.144. The van der Waals surface area contributed by atoms with Gasteiger partial charge >= 0.3 is 0 Å². The Hall–Kier alpha value is -2.34. The van der Waals surface area contributed by atoms with Gasteiger partial charge in [0.25, 0.3) is 0 Å². The maximum atomic E-state index is 10.8. The molecule has 4 heterocycles. The van der Waals surface area contributed by atoms with Crippen molar-refractivity contribution in [1.82, 2.24) is 14.8 Å². The second-order valence-corrected chi connectivity index (χ2v) is 13.0. The van der Waals surface area contributed by atoms with Crippen molar-refractivity contribution in [1.29, 1.82) is 0 Å². The number of nitrogens with one attached hydrogen (secondary N) is 4. The maximum Gasteiger partial charge on any atom is 0.164 e. The summed E-state index contributed by atoms with van der Waals surface area (Å²) in [6, 6.07) is 9.11. The van der Waals surface area contributed by atoms with E-state index in [-0.39, 0.29) is 17.7 Å². The van der Waals surface area contributed by atoms with Crippen LogP contribution in [0.15, 0.2) is 30.5 Å². The number of nitrogens with two attached hydrogens (primary N) is 1. The van der Waals surface area contributed by atoms with E-state index in [0.717, 1.165) is 30.6 Å². The van der Waals surface area contributed by atoms with Crippen LogP contribution in [0.5, 0.6) is 0 Å². The molecule has 214 valence electrons. The molecule has 2 aromatic rings. The number of rotatable bonds is 7. The Labute approximate surface area is 231 Å². The molecule has 1 saturated heterocycles. The van der Waals surface area contributed by atoms with Crippen LogP contribution < -0.4 is 27.0 Å². The third-order valence-electron chi connectivity index (χ3n) is 9.18. The zero-order valence-corrected chi connectivity index (χ0v) is 23.5. The summed E-state index contributed by atoms with van der Waals surface area (Å²) in [6.07, 6.45) is 3.41. The standard InChI is InChI=1S/C29H45N7O3/c1-29(2,3)17-6-7-20-21(13-17)34-23(33-20)8-5-16-11-18(12-16)35(4)14-22-24(37)25(38)28(39-22)36-10-9-19-26(30)31-15-32-27(19)36/h6-7,9-10,13,16,18,22-26,28,31-34,37-38H,5,8,11-12,14-15,30H2,1-4H3/t16?,18?,22-,23?,24-,25-,26?,28-/m1/s1. The Balaban J connectivity index is 0.964. The Bertz CT molecular complexity index is 1170. The number of likely N-dealkylation sites (N-methyl/N-ethyl adjacent to an activating group) is 1. The molecule has 0 radical (unpaired) electrons. The molecule has 3 aliphatic heterocycles. The van der Waals surface area contributed by atoms with Crippen molar-refractivity contribution in [3.05, 3.63) is 41.6 Å². The van der Waals surface area contributed by atoms with E-state index >= 15 is 0 Å². The summed E-state index contributed by atoms with van der Waals surface area (Å²) in [5.74, 6) is 1.54. The summed E-state index contributed by atoms with van der Waals surface area (Å²) in [6.45, 7) is 7.87. The summed E-state index contributed by atoms with van der Waals surface area (Å²) in [4.78, 5) is 2.29. The molecule has 1 aliphatic carbocycles. The zero-order valence-electron chi connectivity index (χ0n) is 23.5. The number of hydrogen-bond donors (Lipinski definition) is 7. The van der Waals surface area contributed by atoms with Gasteiger partial charge in [0.05, 0.1) is 30.4 Å². The summed E-state index contributed by atoms with van der Waals surface area (Å²) in [5.41, 5.74) is 11.0. The van der Waals surface area contributed by atoms with E-state index in [1.54, 1.807) is 0 Å². The fourth-order valence-corrected chi connectivity index (χ4v) is 6.53. The Morgan fingerprint density at radius 3 is 2.62 bits per heavy atom. The molecule has 2 unspecified atom stereocenters. The molecular weight excluding hydrogens is 494 g/mol. The first-order valence-electron chi connectivity index (χ1n) is 14.4. The summed E-state index contributed by atoms with van der Waals surface area (Å²) in [7, 11) is 2.10. The predicted octanol–water partition coefficient (Wildman–Crippen LogP) is 2.69. The van der Waals surface area contributed by atoms with Gasteiger partial charge in [-0.1, -0.05) is 26.8 Å². The topological polar surface area (TPSA) is 132 Å². The van der Waals surface area contributed by atoms with Gasteiger partial charge in [0.15, 0.2) is 6.23 Å². The molecule has 1 aromatic heterocycles. The van der Waals surface area contributed by atoms with Crippen LogP contribution in [0.1, 0.15) is 70.0 Å². The molecule has 39 heavy (non-hydrogen) atoms. The molecule has 1 saturated carbocycles. The summed E-state index contributed by atoms with van der Waals surface area (Å²) in [5, 5.41) is 35.4. The first-order valence-corrected chi connectivity index (χ1v) is 14.4. The van der Waals surface area contributed by atoms with Gasteiger partial charge in [-0.05, 0) is 67.8 Å². The van der Waals surface area contributed by atoms with Crippen molar-refractivity contribution >= 4 is 17.2 Å². The fourth-order valence-electron chi connectivity index (χ4n) is 6.53. The smallest absolute Gasteiger partial charge is 0.164 e. The van der Waals surface area contributed by atoms with Gasteiger partial charge in [-0.15, -0.1) is 0 Å². The lowest BCUT2D eigenvalue weighted by molar-refractivity contribution is -0.0520. The van der Waals surface area contributed by atoms with Crippen molar-refractivity contribution in [3.8, 4) is 0 Å². The van der Waals surface area contributed by atoms with E-state index in [4.69, 9.17) is 10.5 Å². The Kier molecular flexibility index (Phi) is 7.06. The van der Waals surface area contributed by atoms with Crippen molar-refractivity contribution in [2.75, 3.05) is 36.2 Å². The maximum absolute atomic E-state index is 10.8. The third kappa shape index (κ3) is 5.14. The lowest BCUT2D eigenvalue weighted by Crippen LogP contribution is -2.48. The minimum atomic E-state index is -1.00. The van der Waals surface area contributed by atoms with E-state index in [1.165, 1.54) is 23.4 Å². The number of benzene rings is 1.